The van der Waals surface area contributed by atoms with Crippen molar-refractivity contribution in [3.63, 3.8) is 0 Å². The monoisotopic (exact) mass is 539 g/mol. The van der Waals surface area contributed by atoms with Crippen molar-refractivity contribution in [2.75, 3.05) is 7.11 Å². The quantitative estimate of drug-likeness (QED) is 0.164. The maximum atomic E-state index is 14.8. The number of carbonyl (C=O) groups excluding carboxylic acids is 1. The lowest BCUT2D eigenvalue weighted by molar-refractivity contribution is -0.140. The third-order valence-electron chi connectivity index (χ3n) is 6.13. The van der Waals surface area contributed by atoms with Crippen molar-refractivity contribution in [3.05, 3.63) is 101 Å². The SMILES string of the molecule is COC(=O)CCc1cc(F)cc(C(O)c2c[nH]c(-c3cc(Oc4c(F)cc5[nH]ccc5c4F)ccc3F)n2)c1. The van der Waals surface area contributed by atoms with E-state index in [1.165, 1.54) is 49.8 Å². The lowest BCUT2D eigenvalue weighted by atomic mass is 10.0. The molecule has 0 spiro atoms. The van der Waals surface area contributed by atoms with Gasteiger partial charge in [0.05, 0.1) is 23.9 Å². The molecule has 0 aliphatic carbocycles. The second kappa shape index (κ2) is 10.6. The molecule has 3 N–H and O–H groups in total. The van der Waals surface area contributed by atoms with Gasteiger partial charge in [-0.25, -0.2) is 22.5 Å². The predicted octanol–water partition coefficient (Wildman–Crippen LogP) is 6.09. The van der Waals surface area contributed by atoms with Crippen LogP contribution in [0.25, 0.3) is 22.3 Å². The van der Waals surface area contributed by atoms with Gasteiger partial charge < -0.3 is 24.5 Å². The van der Waals surface area contributed by atoms with Gasteiger partial charge in [0.25, 0.3) is 0 Å². The summed E-state index contributed by atoms with van der Waals surface area (Å²) in [4.78, 5) is 21.1. The maximum absolute atomic E-state index is 14.8. The number of nitrogens with zero attached hydrogens (tertiary/aromatic N) is 1. The summed E-state index contributed by atoms with van der Waals surface area (Å²) in [5.41, 5.74) is 0.880. The van der Waals surface area contributed by atoms with Crippen LogP contribution in [0.5, 0.6) is 11.5 Å². The number of aliphatic hydroxyl groups excluding tert-OH is 1. The second-order valence-corrected chi connectivity index (χ2v) is 8.73. The molecule has 0 bridgehead atoms. The number of rotatable bonds is 8. The van der Waals surface area contributed by atoms with Gasteiger partial charge in [-0.2, -0.15) is 0 Å². The van der Waals surface area contributed by atoms with E-state index in [2.05, 4.69) is 19.7 Å². The molecule has 1 unspecified atom stereocenters. The Bertz CT molecular complexity index is 1680. The lowest BCUT2D eigenvalue weighted by Crippen LogP contribution is -2.05. The van der Waals surface area contributed by atoms with E-state index in [9.17, 15) is 27.5 Å². The summed E-state index contributed by atoms with van der Waals surface area (Å²) in [5.74, 6) is -4.36. The van der Waals surface area contributed by atoms with Gasteiger partial charge in [-0.1, -0.05) is 6.07 Å². The maximum Gasteiger partial charge on any atom is 0.305 e. The fourth-order valence-electron chi connectivity index (χ4n) is 4.18. The number of ether oxygens (including phenoxy) is 2. The Balaban J connectivity index is 1.40. The van der Waals surface area contributed by atoms with Crippen molar-refractivity contribution >= 4 is 16.9 Å². The second-order valence-electron chi connectivity index (χ2n) is 8.73. The van der Waals surface area contributed by atoms with Crippen LogP contribution in [0.2, 0.25) is 0 Å². The molecule has 0 saturated carbocycles. The molecule has 5 rings (SSSR count). The number of aryl methyl sites for hydroxylation is 1. The van der Waals surface area contributed by atoms with Crippen molar-refractivity contribution < 1.29 is 36.9 Å². The van der Waals surface area contributed by atoms with Gasteiger partial charge in [-0.15, -0.1) is 0 Å². The number of H-pyrrole nitrogens is 2. The Hall–Kier alpha value is -4.64. The van der Waals surface area contributed by atoms with E-state index < -0.39 is 41.1 Å². The van der Waals surface area contributed by atoms with Crippen LogP contribution in [0.4, 0.5) is 17.6 Å². The number of carbonyl (C=O) groups is 1. The van der Waals surface area contributed by atoms with Gasteiger partial charge in [-0.05, 0) is 53.9 Å². The summed E-state index contributed by atoms with van der Waals surface area (Å²) < 4.78 is 68.3. The molecule has 2 aromatic heterocycles. The van der Waals surface area contributed by atoms with Gasteiger partial charge in [0.1, 0.15) is 29.3 Å². The first-order valence-electron chi connectivity index (χ1n) is 11.8. The fourth-order valence-corrected chi connectivity index (χ4v) is 4.18. The largest absolute Gasteiger partial charge is 0.469 e. The van der Waals surface area contributed by atoms with E-state index in [0.29, 0.717) is 5.56 Å². The molecule has 3 aromatic carbocycles. The third kappa shape index (κ3) is 5.34. The van der Waals surface area contributed by atoms with E-state index in [1.54, 1.807) is 0 Å². The molecular formula is C28H21F4N3O4. The average Bonchev–Trinajstić information content (AvgIpc) is 3.60. The Morgan fingerprint density at radius 3 is 2.64 bits per heavy atom. The minimum absolute atomic E-state index is 0.00338. The molecule has 0 radical (unpaired) electrons. The van der Waals surface area contributed by atoms with Crippen LogP contribution in [-0.2, 0) is 16.0 Å². The summed E-state index contributed by atoms with van der Waals surface area (Å²) in [7, 11) is 1.25. The summed E-state index contributed by atoms with van der Waals surface area (Å²) in [6.45, 7) is 0. The first-order chi connectivity index (χ1) is 18.7. The summed E-state index contributed by atoms with van der Waals surface area (Å²) in [5, 5.41) is 11.0. The molecule has 11 heteroatoms. The van der Waals surface area contributed by atoms with Crippen LogP contribution in [0, 0.1) is 23.3 Å². The normalized spacial score (nSPS) is 12.1. The van der Waals surface area contributed by atoms with Crippen molar-refractivity contribution in [1.82, 2.24) is 15.0 Å². The number of aliphatic hydroxyl groups is 1. The van der Waals surface area contributed by atoms with E-state index in [1.807, 2.05) is 0 Å². The topological polar surface area (TPSA) is 100 Å². The Morgan fingerprint density at radius 1 is 1.03 bits per heavy atom. The highest BCUT2D eigenvalue weighted by Gasteiger charge is 2.20. The van der Waals surface area contributed by atoms with Crippen LogP contribution in [0.15, 0.2) is 60.9 Å². The number of imidazole rings is 1. The Labute approximate surface area is 219 Å². The van der Waals surface area contributed by atoms with E-state index >= 15 is 0 Å². The van der Waals surface area contributed by atoms with Crippen molar-refractivity contribution in [3.8, 4) is 22.9 Å². The molecule has 0 amide bonds. The van der Waals surface area contributed by atoms with Gasteiger partial charge in [0, 0.05) is 30.3 Å². The van der Waals surface area contributed by atoms with Crippen LogP contribution >= 0.6 is 0 Å². The molecule has 0 saturated heterocycles. The first kappa shape index (κ1) is 26.0. The van der Waals surface area contributed by atoms with E-state index in [0.717, 1.165) is 18.2 Å². The number of halogens is 4. The summed E-state index contributed by atoms with van der Waals surface area (Å²) in [6.07, 6.45) is 1.65. The molecule has 5 aromatic rings. The van der Waals surface area contributed by atoms with Crippen molar-refractivity contribution in [2.24, 2.45) is 0 Å². The van der Waals surface area contributed by atoms with Crippen molar-refractivity contribution in [1.29, 1.82) is 0 Å². The van der Waals surface area contributed by atoms with Gasteiger partial charge in [0.2, 0.25) is 0 Å². The van der Waals surface area contributed by atoms with Crippen molar-refractivity contribution in [2.45, 2.75) is 18.9 Å². The zero-order chi connectivity index (χ0) is 27.7. The zero-order valence-electron chi connectivity index (χ0n) is 20.4. The van der Waals surface area contributed by atoms with Gasteiger partial charge in [0.15, 0.2) is 17.4 Å². The van der Waals surface area contributed by atoms with Gasteiger partial charge in [-0.3, -0.25) is 4.79 Å². The molecule has 7 nitrogen and oxygen atoms in total. The minimum atomic E-state index is -1.37. The fraction of sp³-hybridized carbons (Fsp3) is 0.143. The standard InChI is InChI=1S/C28H21F4N3O4/c1-38-24(36)5-2-14-8-15(10-16(29)9-14)26(37)23-13-34-28(35-23)19-11-17(3-4-20(19)30)39-27-21(31)12-22-18(25(27)32)6-7-33-22/h3-4,6-13,26,33,37H,2,5H2,1H3,(H,34,35). The van der Waals surface area contributed by atoms with Gasteiger partial charge >= 0.3 is 5.97 Å². The molecule has 0 fully saturated rings. The summed E-state index contributed by atoms with van der Waals surface area (Å²) in [6, 6.07) is 9.89. The number of hydrogen-bond acceptors (Lipinski definition) is 5. The highest BCUT2D eigenvalue weighted by Crippen LogP contribution is 2.35. The van der Waals surface area contributed by atoms with E-state index in [4.69, 9.17) is 4.74 Å². The number of aromatic amines is 2. The molecule has 0 aliphatic rings. The molecule has 200 valence electrons. The highest BCUT2D eigenvalue weighted by atomic mass is 19.1. The third-order valence-corrected chi connectivity index (χ3v) is 6.13. The first-order valence-corrected chi connectivity index (χ1v) is 11.8. The number of fused-ring (bicyclic) bond motifs is 1. The molecule has 1 atom stereocenters. The molecule has 39 heavy (non-hydrogen) atoms. The highest BCUT2D eigenvalue weighted by molar-refractivity contribution is 5.82. The average molecular weight is 539 g/mol. The van der Waals surface area contributed by atoms with Crippen LogP contribution < -0.4 is 4.74 Å². The van der Waals surface area contributed by atoms with Crippen LogP contribution in [-0.4, -0.2) is 33.1 Å². The molecule has 0 aliphatic heterocycles. The molecular weight excluding hydrogens is 518 g/mol. The van der Waals surface area contributed by atoms with Crippen LogP contribution in [0.3, 0.4) is 0 Å². The number of hydrogen-bond donors (Lipinski definition) is 3. The number of benzene rings is 3. The number of methoxy groups -OCH3 is 1. The predicted molar refractivity (Wildman–Crippen MR) is 133 cm³/mol. The number of nitrogens with one attached hydrogen (secondary N) is 2. The smallest absolute Gasteiger partial charge is 0.305 e. The summed E-state index contributed by atoms with van der Waals surface area (Å²) >= 11 is 0. The number of esters is 1. The molecule has 2 heterocycles. The lowest BCUT2D eigenvalue weighted by Gasteiger charge is -2.11. The zero-order valence-corrected chi connectivity index (χ0v) is 20.4. The minimum Gasteiger partial charge on any atom is -0.469 e. The van der Waals surface area contributed by atoms with E-state index in [-0.39, 0.29) is 52.1 Å². The Kier molecular flexibility index (Phi) is 7.07. The number of aromatic nitrogens is 3. The van der Waals surface area contributed by atoms with Crippen LogP contribution in [0.1, 0.15) is 29.3 Å². The Morgan fingerprint density at radius 2 is 1.85 bits per heavy atom.